The number of rotatable bonds is 7. The lowest BCUT2D eigenvalue weighted by Crippen LogP contribution is -2.49. The summed E-state index contributed by atoms with van der Waals surface area (Å²) in [4.78, 5) is 12.4. The highest BCUT2D eigenvalue weighted by atomic mass is 32.2. The van der Waals surface area contributed by atoms with Crippen molar-refractivity contribution in [1.82, 2.24) is 20.1 Å². The number of carbonyl (C=O) groups is 1. The highest BCUT2D eigenvalue weighted by Gasteiger charge is 2.33. The third kappa shape index (κ3) is 4.58. The predicted octanol–water partition coefficient (Wildman–Crippen LogP) is 3.57. The van der Waals surface area contributed by atoms with E-state index in [1.165, 1.54) is 11.8 Å². The second-order valence-electron chi connectivity index (χ2n) is 6.66. The van der Waals surface area contributed by atoms with Gasteiger partial charge in [-0.25, -0.2) is 0 Å². The molecule has 1 aromatic heterocycles. The van der Waals surface area contributed by atoms with Crippen molar-refractivity contribution in [2.75, 3.05) is 5.75 Å². The topological polar surface area (TPSA) is 83.6 Å². The number of benzene rings is 1. The molecule has 1 N–H and O–H groups in total. The fourth-order valence-electron chi connectivity index (χ4n) is 3.34. The van der Waals surface area contributed by atoms with Crippen LogP contribution < -0.4 is 5.32 Å². The number of nitrogens with one attached hydrogen (secondary N) is 1. The molecule has 1 aliphatic carbocycles. The smallest absolute Gasteiger partial charge is 0.231 e. The molecule has 0 radical (unpaired) electrons. The van der Waals surface area contributed by atoms with Crippen LogP contribution in [0, 0.1) is 11.3 Å². The van der Waals surface area contributed by atoms with Crippen LogP contribution in [0.1, 0.15) is 32.1 Å². The fourth-order valence-corrected chi connectivity index (χ4v) is 4.09. The minimum atomic E-state index is -0.708. The number of carbonyl (C=O) groups excluding carboxylic acids is 1. The molecule has 2 aromatic rings. The first-order valence-corrected chi connectivity index (χ1v) is 10.1. The molecular weight excluding hydrogens is 358 g/mol. The zero-order valence-corrected chi connectivity index (χ0v) is 16.0. The van der Waals surface area contributed by atoms with E-state index in [2.05, 4.69) is 28.2 Å². The second-order valence-corrected chi connectivity index (χ2v) is 7.61. The number of hydrogen-bond acceptors (Lipinski definition) is 5. The third-order valence-corrected chi connectivity index (χ3v) is 5.66. The van der Waals surface area contributed by atoms with Gasteiger partial charge in [0.15, 0.2) is 11.0 Å². The number of amides is 1. The molecule has 1 amide bonds. The van der Waals surface area contributed by atoms with Gasteiger partial charge in [0.25, 0.3) is 0 Å². The Hall–Kier alpha value is -2.59. The van der Waals surface area contributed by atoms with Crippen molar-refractivity contribution < 1.29 is 4.79 Å². The maximum atomic E-state index is 12.4. The van der Waals surface area contributed by atoms with E-state index in [9.17, 15) is 10.1 Å². The van der Waals surface area contributed by atoms with Crippen LogP contribution in [0.4, 0.5) is 0 Å². The Labute approximate surface area is 163 Å². The maximum Gasteiger partial charge on any atom is 0.231 e. The van der Waals surface area contributed by atoms with E-state index >= 15 is 0 Å². The molecule has 140 valence electrons. The number of allylic oxidation sites excluding steroid dienone is 1. The molecule has 0 spiro atoms. The molecule has 3 rings (SSSR count). The summed E-state index contributed by atoms with van der Waals surface area (Å²) in [6.45, 7) is 4.36. The maximum absolute atomic E-state index is 12.4. The number of thioether (sulfide) groups is 1. The Kier molecular flexibility index (Phi) is 6.30. The summed E-state index contributed by atoms with van der Waals surface area (Å²) >= 11 is 1.33. The Morgan fingerprint density at radius 3 is 2.70 bits per heavy atom. The average molecular weight is 382 g/mol. The second kappa shape index (κ2) is 8.87. The van der Waals surface area contributed by atoms with E-state index in [-0.39, 0.29) is 11.7 Å². The summed E-state index contributed by atoms with van der Waals surface area (Å²) in [5, 5.41) is 21.7. The van der Waals surface area contributed by atoms with Crippen LogP contribution in [0.2, 0.25) is 0 Å². The van der Waals surface area contributed by atoms with Crippen LogP contribution in [0.25, 0.3) is 11.4 Å². The van der Waals surface area contributed by atoms with E-state index in [4.69, 9.17) is 0 Å². The van der Waals surface area contributed by atoms with Crippen molar-refractivity contribution in [1.29, 1.82) is 5.26 Å². The van der Waals surface area contributed by atoms with E-state index < -0.39 is 5.54 Å². The van der Waals surface area contributed by atoms with Crippen LogP contribution in [-0.2, 0) is 11.3 Å². The van der Waals surface area contributed by atoms with Gasteiger partial charge in [-0.3, -0.25) is 9.36 Å². The summed E-state index contributed by atoms with van der Waals surface area (Å²) in [5.41, 5.74) is 0.258. The lowest BCUT2D eigenvalue weighted by molar-refractivity contribution is -0.120. The van der Waals surface area contributed by atoms with Crippen LogP contribution >= 0.6 is 11.8 Å². The van der Waals surface area contributed by atoms with Crippen LogP contribution in [-0.4, -0.2) is 32.0 Å². The number of hydrogen-bond donors (Lipinski definition) is 1. The van der Waals surface area contributed by atoms with Gasteiger partial charge < -0.3 is 5.32 Å². The van der Waals surface area contributed by atoms with Crippen molar-refractivity contribution in [2.45, 2.75) is 49.3 Å². The van der Waals surface area contributed by atoms with Gasteiger partial charge in [0.1, 0.15) is 5.54 Å². The summed E-state index contributed by atoms with van der Waals surface area (Å²) in [6, 6.07) is 12.1. The highest BCUT2D eigenvalue weighted by Crippen LogP contribution is 2.28. The molecule has 0 bridgehead atoms. The quantitative estimate of drug-likeness (QED) is 0.585. The Balaban J connectivity index is 1.69. The molecule has 0 saturated heterocycles. The van der Waals surface area contributed by atoms with Crippen LogP contribution in [0.5, 0.6) is 0 Å². The summed E-state index contributed by atoms with van der Waals surface area (Å²) in [6.07, 6.45) is 6.33. The summed E-state index contributed by atoms with van der Waals surface area (Å²) < 4.78 is 1.95. The van der Waals surface area contributed by atoms with Gasteiger partial charge in [0.05, 0.1) is 11.8 Å². The summed E-state index contributed by atoms with van der Waals surface area (Å²) in [5.74, 6) is 0.810. The largest absolute Gasteiger partial charge is 0.337 e. The molecular formula is C20H23N5OS. The molecule has 0 aliphatic heterocycles. The van der Waals surface area contributed by atoms with Crippen molar-refractivity contribution >= 4 is 17.7 Å². The van der Waals surface area contributed by atoms with Crippen molar-refractivity contribution in [2.24, 2.45) is 0 Å². The normalized spacial score (nSPS) is 15.7. The average Bonchev–Trinajstić information content (AvgIpc) is 3.11. The zero-order chi connectivity index (χ0) is 19.1. The Bertz CT molecular complexity index is 834. The molecule has 0 atom stereocenters. The monoisotopic (exact) mass is 381 g/mol. The summed E-state index contributed by atoms with van der Waals surface area (Å²) in [7, 11) is 0. The molecule has 6 nitrogen and oxygen atoms in total. The predicted molar refractivity (Wildman–Crippen MR) is 106 cm³/mol. The fraction of sp³-hybridized carbons (Fsp3) is 0.400. The van der Waals surface area contributed by atoms with E-state index in [0.29, 0.717) is 11.7 Å². The molecule has 1 fully saturated rings. The lowest BCUT2D eigenvalue weighted by atomic mass is 9.83. The van der Waals surface area contributed by atoms with Gasteiger partial charge in [-0.2, -0.15) is 5.26 Å². The standard InChI is InChI=1S/C20H23N5OS/c1-2-13-25-18(16-9-5-3-6-10-16)23-24-19(25)27-14-17(26)22-20(15-21)11-7-4-8-12-20/h2-3,5-6,9-10H,1,4,7-8,11-14H2,(H,22,26). The first-order valence-electron chi connectivity index (χ1n) is 9.12. The molecule has 1 saturated carbocycles. The molecule has 7 heteroatoms. The molecule has 1 heterocycles. The number of nitriles is 1. The molecule has 27 heavy (non-hydrogen) atoms. The minimum Gasteiger partial charge on any atom is -0.337 e. The first kappa shape index (κ1) is 19.2. The SMILES string of the molecule is C=CCn1c(SCC(=O)NC2(C#N)CCCCC2)nnc1-c1ccccc1. The number of nitrogens with zero attached hydrogens (tertiary/aromatic N) is 4. The minimum absolute atomic E-state index is 0.141. The number of aromatic nitrogens is 3. The lowest BCUT2D eigenvalue weighted by Gasteiger charge is -2.31. The van der Waals surface area contributed by atoms with Crippen LogP contribution in [0.3, 0.4) is 0 Å². The molecule has 1 aromatic carbocycles. The van der Waals surface area contributed by atoms with E-state index in [1.807, 2.05) is 34.9 Å². The van der Waals surface area contributed by atoms with Gasteiger partial charge in [-0.1, -0.05) is 67.4 Å². The van der Waals surface area contributed by atoms with Crippen molar-refractivity contribution in [3.63, 3.8) is 0 Å². The van der Waals surface area contributed by atoms with E-state index in [0.717, 1.165) is 43.5 Å². The Morgan fingerprint density at radius 1 is 1.30 bits per heavy atom. The van der Waals surface area contributed by atoms with Gasteiger partial charge >= 0.3 is 0 Å². The Morgan fingerprint density at radius 2 is 2.04 bits per heavy atom. The zero-order valence-electron chi connectivity index (χ0n) is 15.2. The van der Waals surface area contributed by atoms with Gasteiger partial charge in [0.2, 0.25) is 5.91 Å². The van der Waals surface area contributed by atoms with Crippen LogP contribution in [0.15, 0.2) is 48.1 Å². The van der Waals surface area contributed by atoms with Crippen molar-refractivity contribution in [3.05, 3.63) is 43.0 Å². The molecule has 1 aliphatic rings. The molecule has 0 unspecified atom stereocenters. The van der Waals surface area contributed by atoms with Gasteiger partial charge in [-0.15, -0.1) is 16.8 Å². The third-order valence-electron chi connectivity index (χ3n) is 4.69. The van der Waals surface area contributed by atoms with Gasteiger partial charge in [-0.05, 0) is 12.8 Å². The van der Waals surface area contributed by atoms with Crippen molar-refractivity contribution in [3.8, 4) is 17.5 Å². The highest BCUT2D eigenvalue weighted by molar-refractivity contribution is 7.99. The first-order chi connectivity index (χ1) is 13.2. The van der Waals surface area contributed by atoms with E-state index in [1.54, 1.807) is 6.08 Å². The van der Waals surface area contributed by atoms with Gasteiger partial charge in [0, 0.05) is 12.1 Å².